The van der Waals surface area contributed by atoms with Crippen LogP contribution < -0.4 is 21.2 Å². The van der Waals surface area contributed by atoms with Crippen LogP contribution in [0.3, 0.4) is 0 Å². The summed E-state index contributed by atoms with van der Waals surface area (Å²) in [5.74, 6) is -1.76. The Labute approximate surface area is 221 Å². The molecule has 0 fully saturated rings. The summed E-state index contributed by atoms with van der Waals surface area (Å²) in [6, 6.07) is 4.98. The molecule has 2 atom stereocenters. The SMILES string of the molecule is [B]c1c(N2Cc3cc(Cl)cnc3[C@H]2C)nc2c([C@@H](C)Nc3ccc(Cl)nc3C(=O)O)cc(F)cn2c1=O. The summed E-state index contributed by atoms with van der Waals surface area (Å²) >= 11 is 12.0. The first kappa shape index (κ1) is 25.0. The first-order valence-electron chi connectivity index (χ1n) is 11.1. The second kappa shape index (κ2) is 9.31. The van der Waals surface area contributed by atoms with Gasteiger partial charge in [-0.1, -0.05) is 23.2 Å². The number of rotatable bonds is 5. The van der Waals surface area contributed by atoms with E-state index in [-0.39, 0.29) is 39.5 Å². The summed E-state index contributed by atoms with van der Waals surface area (Å²) in [6.07, 6.45) is 2.56. The van der Waals surface area contributed by atoms with Crippen molar-refractivity contribution in [3.8, 4) is 0 Å². The number of carboxylic acids is 1. The maximum Gasteiger partial charge on any atom is 0.356 e. The zero-order valence-corrected chi connectivity index (χ0v) is 21.0. The number of pyridine rings is 3. The Morgan fingerprint density at radius 1 is 1.30 bits per heavy atom. The maximum atomic E-state index is 14.6. The number of carboxylic acid groups (broad SMARTS) is 1. The van der Waals surface area contributed by atoms with E-state index < -0.39 is 23.4 Å². The summed E-state index contributed by atoms with van der Waals surface area (Å²) in [6.45, 7) is 3.96. The van der Waals surface area contributed by atoms with Gasteiger partial charge in [-0.05, 0) is 43.7 Å². The average Bonchev–Trinajstić information content (AvgIpc) is 3.17. The van der Waals surface area contributed by atoms with Crippen LogP contribution in [0.25, 0.3) is 5.65 Å². The van der Waals surface area contributed by atoms with Gasteiger partial charge in [0.15, 0.2) is 5.69 Å². The minimum atomic E-state index is -1.29. The third-order valence-electron chi connectivity index (χ3n) is 6.28. The van der Waals surface area contributed by atoms with E-state index in [4.69, 9.17) is 36.0 Å². The molecule has 0 spiro atoms. The summed E-state index contributed by atoms with van der Waals surface area (Å²) < 4.78 is 15.7. The number of fused-ring (bicyclic) bond motifs is 2. The minimum Gasteiger partial charge on any atom is -0.476 e. The van der Waals surface area contributed by atoms with Crippen LogP contribution in [0.1, 0.15) is 53.2 Å². The molecule has 9 nitrogen and oxygen atoms in total. The standard InChI is InChI=1S/C24H18BCl2FN6O3/c1-10(30-16-3-4-17(27)31-20(16)24(36)37)15-6-14(28)9-34-21(15)32-22(18(25)23(34)35)33-8-12-5-13(26)7-29-19(12)11(33)2/h3-7,9-11,30H,8H2,1-2H3,(H,36,37)/t10-,11-/m1/s1. The summed E-state index contributed by atoms with van der Waals surface area (Å²) in [4.78, 5) is 39.7. The average molecular weight is 539 g/mol. The van der Waals surface area contributed by atoms with Gasteiger partial charge in [-0.3, -0.25) is 14.2 Å². The van der Waals surface area contributed by atoms with Crippen molar-refractivity contribution >= 4 is 59.6 Å². The van der Waals surface area contributed by atoms with Crippen molar-refractivity contribution in [2.24, 2.45) is 0 Å². The quantitative estimate of drug-likeness (QED) is 0.292. The van der Waals surface area contributed by atoms with Crippen LogP contribution in [-0.4, -0.2) is 38.3 Å². The number of aromatic nitrogens is 4. The number of hydrogen-bond acceptors (Lipinski definition) is 7. The third-order valence-corrected chi connectivity index (χ3v) is 6.70. The van der Waals surface area contributed by atoms with Gasteiger partial charge in [0.05, 0.1) is 28.5 Å². The van der Waals surface area contributed by atoms with E-state index in [1.165, 1.54) is 18.2 Å². The molecule has 0 aromatic carbocycles. The highest BCUT2D eigenvalue weighted by atomic mass is 35.5. The third kappa shape index (κ3) is 4.38. The monoisotopic (exact) mass is 538 g/mol. The van der Waals surface area contributed by atoms with Crippen molar-refractivity contribution < 1.29 is 14.3 Å². The topological polar surface area (TPSA) is 113 Å². The normalized spacial score (nSPS) is 15.6. The molecule has 0 amide bonds. The Kier molecular flexibility index (Phi) is 6.29. The number of carbonyl (C=O) groups is 1. The zero-order chi connectivity index (χ0) is 26.6. The van der Waals surface area contributed by atoms with Crippen molar-refractivity contribution in [1.82, 2.24) is 19.4 Å². The highest BCUT2D eigenvalue weighted by Gasteiger charge is 2.31. The summed E-state index contributed by atoms with van der Waals surface area (Å²) in [5, 5.41) is 13.0. The number of halogens is 3. The van der Waals surface area contributed by atoms with Crippen LogP contribution >= 0.6 is 23.2 Å². The zero-order valence-electron chi connectivity index (χ0n) is 19.5. The molecule has 13 heteroatoms. The second-order valence-electron chi connectivity index (χ2n) is 8.66. The van der Waals surface area contributed by atoms with Gasteiger partial charge in [0.25, 0.3) is 5.56 Å². The van der Waals surface area contributed by atoms with Crippen LogP contribution in [0.5, 0.6) is 0 Å². The Morgan fingerprint density at radius 2 is 2.05 bits per heavy atom. The van der Waals surface area contributed by atoms with E-state index in [0.29, 0.717) is 17.1 Å². The predicted octanol–water partition coefficient (Wildman–Crippen LogP) is 3.68. The van der Waals surface area contributed by atoms with E-state index in [0.717, 1.165) is 21.9 Å². The lowest BCUT2D eigenvalue weighted by Crippen LogP contribution is -2.39. The Bertz CT molecular complexity index is 1650. The lowest BCUT2D eigenvalue weighted by Gasteiger charge is -2.26. The molecule has 37 heavy (non-hydrogen) atoms. The molecule has 5 rings (SSSR count). The molecular weight excluding hydrogens is 521 g/mol. The number of hydrogen-bond donors (Lipinski definition) is 2. The molecule has 4 aromatic heterocycles. The Morgan fingerprint density at radius 3 is 2.78 bits per heavy atom. The van der Waals surface area contributed by atoms with E-state index in [1.807, 2.05) is 11.8 Å². The van der Waals surface area contributed by atoms with Gasteiger partial charge in [0.1, 0.15) is 30.3 Å². The molecule has 5 heterocycles. The predicted molar refractivity (Wildman–Crippen MR) is 139 cm³/mol. The molecular formula is C24H18BCl2FN6O3. The molecule has 0 saturated carbocycles. The fraction of sp³-hybridized carbons (Fsp3) is 0.208. The molecule has 4 aromatic rings. The molecule has 2 N–H and O–H groups in total. The van der Waals surface area contributed by atoms with Gasteiger partial charge in [-0.2, -0.15) is 0 Å². The number of nitrogens with one attached hydrogen (secondary N) is 1. The van der Waals surface area contributed by atoms with Gasteiger partial charge in [0.2, 0.25) is 0 Å². The van der Waals surface area contributed by atoms with Crippen molar-refractivity contribution in [2.75, 3.05) is 10.2 Å². The van der Waals surface area contributed by atoms with Crippen molar-refractivity contribution in [3.63, 3.8) is 0 Å². The number of aromatic carboxylic acids is 1. The van der Waals surface area contributed by atoms with Crippen molar-refractivity contribution in [2.45, 2.75) is 32.5 Å². The minimum absolute atomic E-state index is 0.0108. The lowest BCUT2D eigenvalue weighted by molar-refractivity contribution is 0.0691. The first-order chi connectivity index (χ1) is 17.5. The molecule has 0 bridgehead atoms. The molecule has 0 unspecified atom stereocenters. The van der Waals surface area contributed by atoms with Crippen LogP contribution in [0, 0.1) is 5.82 Å². The lowest BCUT2D eigenvalue weighted by atomic mass is 9.97. The molecule has 0 saturated heterocycles. The van der Waals surface area contributed by atoms with E-state index >= 15 is 0 Å². The van der Waals surface area contributed by atoms with Gasteiger partial charge in [-0.25, -0.2) is 19.2 Å². The summed E-state index contributed by atoms with van der Waals surface area (Å²) in [7, 11) is 6.21. The number of nitrogens with zero attached hydrogens (tertiary/aromatic N) is 5. The van der Waals surface area contributed by atoms with Gasteiger partial charge in [0, 0.05) is 30.0 Å². The molecule has 186 valence electrons. The van der Waals surface area contributed by atoms with Crippen LogP contribution in [0.4, 0.5) is 15.9 Å². The smallest absolute Gasteiger partial charge is 0.356 e. The van der Waals surface area contributed by atoms with Crippen LogP contribution in [0.2, 0.25) is 10.2 Å². The number of anilines is 2. The molecule has 2 radical (unpaired) electrons. The van der Waals surface area contributed by atoms with Crippen LogP contribution in [0.15, 0.2) is 41.5 Å². The largest absolute Gasteiger partial charge is 0.476 e. The van der Waals surface area contributed by atoms with Crippen molar-refractivity contribution in [1.29, 1.82) is 0 Å². The maximum absolute atomic E-state index is 14.6. The Balaban J connectivity index is 1.62. The van der Waals surface area contributed by atoms with Crippen molar-refractivity contribution in [3.05, 3.63) is 85.5 Å². The molecule has 1 aliphatic heterocycles. The Hall–Kier alpha value is -3.70. The van der Waals surface area contributed by atoms with Gasteiger partial charge >= 0.3 is 5.97 Å². The fourth-order valence-electron chi connectivity index (χ4n) is 4.52. The second-order valence-corrected chi connectivity index (χ2v) is 9.49. The van der Waals surface area contributed by atoms with E-state index in [9.17, 15) is 19.1 Å². The van der Waals surface area contributed by atoms with Gasteiger partial charge < -0.3 is 15.3 Å². The van der Waals surface area contributed by atoms with Gasteiger partial charge in [-0.15, -0.1) is 0 Å². The fourth-order valence-corrected chi connectivity index (χ4v) is 4.85. The van der Waals surface area contributed by atoms with Crippen LogP contribution in [-0.2, 0) is 6.54 Å². The van der Waals surface area contributed by atoms with E-state index in [1.54, 1.807) is 19.2 Å². The highest BCUT2D eigenvalue weighted by Crippen LogP contribution is 2.35. The summed E-state index contributed by atoms with van der Waals surface area (Å²) in [5.41, 5.74) is 1.21. The first-order valence-corrected chi connectivity index (χ1v) is 11.9. The molecule has 0 aliphatic carbocycles. The molecule has 1 aliphatic rings. The highest BCUT2D eigenvalue weighted by molar-refractivity contribution is 6.35. The van der Waals surface area contributed by atoms with E-state index in [2.05, 4.69) is 15.3 Å².